The zero-order valence-electron chi connectivity index (χ0n) is 16.7. The second-order valence-electron chi connectivity index (χ2n) is 7.26. The Bertz CT molecular complexity index is 1090. The maximum Gasteiger partial charge on any atom is 0.349 e. The molecule has 1 atom stereocenters. The highest BCUT2D eigenvalue weighted by atomic mass is 35.5. The van der Waals surface area contributed by atoms with Crippen molar-refractivity contribution in [1.82, 2.24) is 25.9 Å². The number of amides is 1. The van der Waals surface area contributed by atoms with Gasteiger partial charge in [-0.3, -0.25) is 4.79 Å². The average molecular weight is 431 g/mol. The molecule has 0 bridgehead atoms. The summed E-state index contributed by atoms with van der Waals surface area (Å²) in [5.74, 6) is 0.701. The van der Waals surface area contributed by atoms with Gasteiger partial charge in [0.1, 0.15) is 11.3 Å². The molecule has 0 aliphatic carbocycles. The molecule has 1 fully saturated rings. The number of benzene rings is 1. The van der Waals surface area contributed by atoms with E-state index in [2.05, 4.69) is 31.3 Å². The third-order valence-electron chi connectivity index (χ3n) is 5.18. The maximum absolute atomic E-state index is 12.9. The molecule has 1 unspecified atom stereocenters. The number of aromatic amines is 1. The normalized spacial score (nSPS) is 16.0. The van der Waals surface area contributed by atoms with Crippen LogP contribution >= 0.6 is 12.4 Å². The van der Waals surface area contributed by atoms with Crippen molar-refractivity contribution in [3.63, 3.8) is 0 Å². The zero-order valence-corrected chi connectivity index (χ0v) is 17.5. The first-order chi connectivity index (χ1) is 14.0. The number of tetrazole rings is 1. The molecular formula is C20H23ClN6O3. The average Bonchev–Trinajstić information content (AvgIpc) is 3.24. The van der Waals surface area contributed by atoms with E-state index in [1.54, 1.807) is 19.1 Å². The van der Waals surface area contributed by atoms with E-state index in [0.29, 0.717) is 28.4 Å². The number of halogens is 1. The summed E-state index contributed by atoms with van der Waals surface area (Å²) in [6, 6.07) is 7.23. The molecule has 30 heavy (non-hydrogen) atoms. The van der Waals surface area contributed by atoms with Gasteiger partial charge in [0.25, 0.3) is 5.91 Å². The van der Waals surface area contributed by atoms with Gasteiger partial charge in [-0.25, -0.2) is 4.79 Å². The van der Waals surface area contributed by atoms with Crippen LogP contribution in [0.15, 0.2) is 33.5 Å². The van der Waals surface area contributed by atoms with Gasteiger partial charge < -0.3 is 15.1 Å². The number of piperidine rings is 1. The lowest BCUT2D eigenvalue weighted by atomic mass is 9.95. The van der Waals surface area contributed by atoms with Crippen LogP contribution in [-0.2, 0) is 0 Å². The molecule has 1 saturated heterocycles. The molecule has 1 amide bonds. The van der Waals surface area contributed by atoms with Crippen LogP contribution in [0.4, 0.5) is 5.69 Å². The van der Waals surface area contributed by atoms with Crippen molar-refractivity contribution in [1.29, 1.82) is 0 Å². The lowest BCUT2D eigenvalue weighted by Crippen LogP contribution is -2.30. The van der Waals surface area contributed by atoms with Crippen LogP contribution in [0, 0.1) is 13.8 Å². The summed E-state index contributed by atoms with van der Waals surface area (Å²) in [6.45, 7) is 5.37. The van der Waals surface area contributed by atoms with Gasteiger partial charge in [-0.05, 0) is 61.7 Å². The summed E-state index contributed by atoms with van der Waals surface area (Å²) in [4.78, 5) is 25.5. The molecule has 2 aromatic heterocycles. The van der Waals surface area contributed by atoms with Crippen molar-refractivity contribution in [2.75, 3.05) is 18.4 Å². The van der Waals surface area contributed by atoms with E-state index in [-0.39, 0.29) is 23.9 Å². The number of nitrogens with zero attached hydrogens (tertiary/aromatic N) is 3. The predicted molar refractivity (Wildman–Crippen MR) is 114 cm³/mol. The fourth-order valence-electron chi connectivity index (χ4n) is 3.57. The van der Waals surface area contributed by atoms with E-state index in [1.807, 2.05) is 19.1 Å². The molecule has 3 aromatic rings. The second kappa shape index (κ2) is 9.19. The van der Waals surface area contributed by atoms with Crippen LogP contribution in [-0.4, -0.2) is 39.6 Å². The van der Waals surface area contributed by atoms with Gasteiger partial charge in [-0.2, -0.15) is 5.21 Å². The van der Waals surface area contributed by atoms with Gasteiger partial charge in [-0.15, -0.1) is 22.6 Å². The van der Waals surface area contributed by atoms with Crippen molar-refractivity contribution >= 4 is 24.0 Å². The van der Waals surface area contributed by atoms with Crippen LogP contribution in [0.3, 0.4) is 0 Å². The molecular weight excluding hydrogens is 408 g/mol. The molecule has 9 nitrogen and oxygen atoms in total. The highest BCUT2D eigenvalue weighted by Crippen LogP contribution is 2.25. The van der Waals surface area contributed by atoms with E-state index < -0.39 is 11.5 Å². The molecule has 4 rings (SSSR count). The van der Waals surface area contributed by atoms with Crippen molar-refractivity contribution < 1.29 is 9.21 Å². The Labute approximate surface area is 179 Å². The van der Waals surface area contributed by atoms with Crippen molar-refractivity contribution in [3.8, 4) is 11.4 Å². The van der Waals surface area contributed by atoms with E-state index >= 15 is 0 Å². The molecule has 3 heterocycles. The standard InChI is InChI=1S/C20H22N6O3.ClH/c1-11-5-6-13(18-23-25-26-24-18)9-15(11)22-19(27)17-12(2)8-16(29-20(17)28)14-4-3-7-21-10-14;/h5-6,8-9,14,21H,3-4,7,10H2,1-2H3,(H,22,27)(H,23,24,25,26);1H. The first-order valence-electron chi connectivity index (χ1n) is 9.54. The fourth-order valence-corrected chi connectivity index (χ4v) is 3.57. The molecule has 3 N–H and O–H groups in total. The number of anilines is 1. The van der Waals surface area contributed by atoms with Crippen molar-refractivity contribution in [2.45, 2.75) is 32.6 Å². The van der Waals surface area contributed by atoms with Gasteiger partial charge in [0, 0.05) is 23.7 Å². The number of hydrogen-bond acceptors (Lipinski definition) is 7. The molecule has 1 aliphatic rings. The minimum atomic E-state index is -0.616. The number of rotatable bonds is 4. The first kappa shape index (κ1) is 21.7. The number of aryl methyl sites for hydroxylation is 2. The lowest BCUT2D eigenvalue weighted by Gasteiger charge is -2.22. The molecule has 10 heteroatoms. The molecule has 0 radical (unpaired) electrons. The molecule has 1 aromatic carbocycles. The van der Waals surface area contributed by atoms with Crippen molar-refractivity contribution in [3.05, 3.63) is 57.1 Å². The van der Waals surface area contributed by atoms with E-state index in [9.17, 15) is 9.59 Å². The van der Waals surface area contributed by atoms with Crippen LogP contribution in [0.1, 0.15) is 46.0 Å². The Morgan fingerprint density at radius 2 is 2.07 bits per heavy atom. The topological polar surface area (TPSA) is 126 Å². The number of hydrogen-bond donors (Lipinski definition) is 3. The van der Waals surface area contributed by atoms with Crippen LogP contribution < -0.4 is 16.3 Å². The van der Waals surface area contributed by atoms with Gasteiger partial charge in [0.2, 0.25) is 5.82 Å². The lowest BCUT2D eigenvalue weighted by molar-refractivity contribution is 0.102. The Morgan fingerprint density at radius 1 is 1.23 bits per heavy atom. The minimum Gasteiger partial charge on any atom is -0.427 e. The number of nitrogens with one attached hydrogen (secondary N) is 3. The Balaban J connectivity index is 0.00000256. The van der Waals surface area contributed by atoms with Gasteiger partial charge >= 0.3 is 5.63 Å². The minimum absolute atomic E-state index is 0. The predicted octanol–water partition coefficient (Wildman–Crippen LogP) is 2.58. The number of H-pyrrole nitrogens is 1. The summed E-state index contributed by atoms with van der Waals surface area (Å²) in [7, 11) is 0. The molecule has 0 saturated carbocycles. The van der Waals surface area contributed by atoms with Crippen LogP contribution in [0.5, 0.6) is 0 Å². The van der Waals surface area contributed by atoms with E-state index in [4.69, 9.17) is 4.42 Å². The van der Waals surface area contributed by atoms with Gasteiger partial charge in [-0.1, -0.05) is 12.1 Å². The SMILES string of the molecule is Cc1ccc(-c2nn[nH]n2)cc1NC(=O)c1c(C)cc(C2CCCNC2)oc1=O.Cl. The quantitative estimate of drug-likeness (QED) is 0.580. The van der Waals surface area contributed by atoms with Gasteiger partial charge in [0.05, 0.1) is 0 Å². The second-order valence-corrected chi connectivity index (χ2v) is 7.26. The maximum atomic E-state index is 12.9. The Kier molecular flexibility index (Phi) is 6.63. The largest absolute Gasteiger partial charge is 0.427 e. The monoisotopic (exact) mass is 430 g/mol. The molecule has 158 valence electrons. The zero-order chi connectivity index (χ0) is 20.4. The third kappa shape index (κ3) is 4.42. The number of carbonyl (C=O) groups excluding carboxylic acids is 1. The summed E-state index contributed by atoms with van der Waals surface area (Å²) >= 11 is 0. The molecule has 1 aliphatic heterocycles. The molecule has 0 spiro atoms. The summed E-state index contributed by atoms with van der Waals surface area (Å²) < 4.78 is 5.51. The smallest absolute Gasteiger partial charge is 0.349 e. The Morgan fingerprint density at radius 3 is 2.73 bits per heavy atom. The highest BCUT2D eigenvalue weighted by molar-refractivity contribution is 6.05. The highest BCUT2D eigenvalue weighted by Gasteiger charge is 2.23. The first-order valence-corrected chi connectivity index (χ1v) is 9.54. The number of carbonyl (C=O) groups is 1. The van der Waals surface area contributed by atoms with E-state index in [0.717, 1.165) is 31.5 Å². The fraction of sp³-hybridized carbons (Fsp3) is 0.350. The van der Waals surface area contributed by atoms with Crippen molar-refractivity contribution in [2.24, 2.45) is 0 Å². The van der Waals surface area contributed by atoms with Crippen LogP contribution in [0.2, 0.25) is 0 Å². The Hall–Kier alpha value is -3.04. The third-order valence-corrected chi connectivity index (χ3v) is 5.18. The summed E-state index contributed by atoms with van der Waals surface area (Å²) in [6.07, 6.45) is 1.99. The van der Waals surface area contributed by atoms with E-state index in [1.165, 1.54) is 0 Å². The summed E-state index contributed by atoms with van der Waals surface area (Å²) in [5, 5.41) is 20.0. The van der Waals surface area contributed by atoms with Crippen LogP contribution in [0.25, 0.3) is 11.4 Å². The number of aromatic nitrogens is 4. The van der Waals surface area contributed by atoms with Gasteiger partial charge in [0.15, 0.2) is 0 Å². The summed E-state index contributed by atoms with van der Waals surface area (Å²) in [5.41, 5.74) is 2.11.